The van der Waals surface area contributed by atoms with Gasteiger partial charge in [-0.25, -0.2) is 0 Å². The standard InChI is InChI=1S/C21H19NO2/c1-16-12-13-19(24-18-10-6-3-7-11-18)14-20(16)21(23)22-15-17-8-4-2-5-9-17/h2-14H,15H2,1H3,(H,22,23). The van der Waals surface area contributed by atoms with Crippen molar-refractivity contribution in [2.45, 2.75) is 13.5 Å². The van der Waals surface area contributed by atoms with Gasteiger partial charge in [-0.2, -0.15) is 0 Å². The summed E-state index contributed by atoms with van der Waals surface area (Å²) in [6, 6.07) is 24.9. The Balaban J connectivity index is 1.72. The van der Waals surface area contributed by atoms with E-state index in [9.17, 15) is 4.79 Å². The lowest BCUT2D eigenvalue weighted by molar-refractivity contribution is 0.0950. The highest BCUT2D eigenvalue weighted by Gasteiger charge is 2.10. The van der Waals surface area contributed by atoms with Gasteiger partial charge in [0.15, 0.2) is 0 Å². The fourth-order valence-electron chi connectivity index (χ4n) is 2.41. The Morgan fingerprint density at radius 3 is 2.25 bits per heavy atom. The highest BCUT2D eigenvalue weighted by atomic mass is 16.5. The lowest BCUT2D eigenvalue weighted by Crippen LogP contribution is -2.23. The molecule has 0 bridgehead atoms. The third kappa shape index (κ3) is 4.02. The molecule has 1 amide bonds. The minimum Gasteiger partial charge on any atom is -0.457 e. The molecule has 0 unspecified atom stereocenters. The largest absolute Gasteiger partial charge is 0.457 e. The van der Waals surface area contributed by atoms with Crippen molar-refractivity contribution in [2.75, 3.05) is 0 Å². The molecule has 3 aromatic carbocycles. The lowest BCUT2D eigenvalue weighted by atomic mass is 10.1. The maximum atomic E-state index is 12.5. The van der Waals surface area contributed by atoms with Crippen LogP contribution in [-0.2, 0) is 6.54 Å². The lowest BCUT2D eigenvalue weighted by Gasteiger charge is -2.11. The molecular weight excluding hydrogens is 298 g/mol. The first-order chi connectivity index (χ1) is 11.7. The molecule has 0 aliphatic rings. The molecule has 0 spiro atoms. The Hall–Kier alpha value is -3.07. The Morgan fingerprint density at radius 2 is 1.54 bits per heavy atom. The molecule has 0 aromatic heterocycles. The predicted molar refractivity (Wildman–Crippen MR) is 95.3 cm³/mol. The van der Waals surface area contributed by atoms with E-state index >= 15 is 0 Å². The van der Waals surface area contributed by atoms with Crippen LogP contribution >= 0.6 is 0 Å². The fourth-order valence-corrected chi connectivity index (χ4v) is 2.41. The molecule has 24 heavy (non-hydrogen) atoms. The molecule has 0 atom stereocenters. The molecule has 0 saturated heterocycles. The number of amides is 1. The Morgan fingerprint density at radius 1 is 0.875 bits per heavy atom. The van der Waals surface area contributed by atoms with Crippen molar-refractivity contribution in [1.82, 2.24) is 5.32 Å². The first-order valence-electron chi connectivity index (χ1n) is 7.88. The Bertz CT molecular complexity index is 814. The number of benzene rings is 3. The smallest absolute Gasteiger partial charge is 0.251 e. The molecular formula is C21H19NO2. The molecule has 1 N–H and O–H groups in total. The van der Waals surface area contributed by atoms with Gasteiger partial charge < -0.3 is 10.1 Å². The van der Waals surface area contributed by atoms with Gasteiger partial charge >= 0.3 is 0 Å². The number of hydrogen-bond acceptors (Lipinski definition) is 2. The molecule has 0 saturated carbocycles. The van der Waals surface area contributed by atoms with Crippen LogP contribution in [0.25, 0.3) is 0 Å². The van der Waals surface area contributed by atoms with Gasteiger partial charge in [0.1, 0.15) is 11.5 Å². The zero-order chi connectivity index (χ0) is 16.8. The summed E-state index contributed by atoms with van der Waals surface area (Å²) in [6.07, 6.45) is 0. The monoisotopic (exact) mass is 317 g/mol. The molecule has 120 valence electrons. The second-order valence-corrected chi connectivity index (χ2v) is 5.56. The van der Waals surface area contributed by atoms with Gasteiger partial charge in [0.25, 0.3) is 5.91 Å². The normalized spacial score (nSPS) is 10.2. The number of hydrogen-bond donors (Lipinski definition) is 1. The van der Waals surface area contributed by atoms with Gasteiger partial charge in [0, 0.05) is 12.1 Å². The number of carbonyl (C=O) groups excluding carboxylic acids is 1. The Labute approximate surface area is 141 Å². The van der Waals surface area contributed by atoms with Crippen LogP contribution in [0, 0.1) is 6.92 Å². The van der Waals surface area contributed by atoms with E-state index in [2.05, 4.69) is 5.32 Å². The molecule has 3 heteroatoms. The maximum absolute atomic E-state index is 12.5. The molecule has 0 heterocycles. The Kier molecular flexibility index (Phi) is 4.92. The van der Waals surface area contributed by atoms with Crippen LogP contribution in [0.5, 0.6) is 11.5 Å². The van der Waals surface area contributed by atoms with Crippen LogP contribution in [-0.4, -0.2) is 5.91 Å². The minimum atomic E-state index is -0.102. The van der Waals surface area contributed by atoms with Gasteiger partial charge in [-0.3, -0.25) is 4.79 Å². The van der Waals surface area contributed by atoms with Crippen molar-refractivity contribution < 1.29 is 9.53 Å². The number of rotatable bonds is 5. The molecule has 0 aliphatic carbocycles. The van der Waals surface area contributed by atoms with E-state index in [1.54, 1.807) is 6.07 Å². The van der Waals surface area contributed by atoms with E-state index in [4.69, 9.17) is 4.74 Å². The third-order valence-electron chi connectivity index (χ3n) is 3.73. The quantitative estimate of drug-likeness (QED) is 0.739. The van der Waals surface area contributed by atoms with Crippen LogP contribution < -0.4 is 10.1 Å². The average Bonchev–Trinajstić information content (AvgIpc) is 2.63. The number of aryl methyl sites for hydroxylation is 1. The van der Waals surface area contributed by atoms with Gasteiger partial charge in [-0.15, -0.1) is 0 Å². The van der Waals surface area contributed by atoms with Crippen molar-refractivity contribution in [3.63, 3.8) is 0 Å². The van der Waals surface area contributed by atoms with E-state index in [0.717, 1.165) is 16.9 Å². The SMILES string of the molecule is Cc1ccc(Oc2ccccc2)cc1C(=O)NCc1ccccc1. The van der Waals surface area contributed by atoms with Crippen molar-refractivity contribution in [3.8, 4) is 11.5 Å². The van der Waals surface area contributed by atoms with Crippen LogP contribution in [0.1, 0.15) is 21.5 Å². The van der Waals surface area contributed by atoms with Gasteiger partial charge in [0.2, 0.25) is 0 Å². The van der Waals surface area contributed by atoms with Crippen molar-refractivity contribution in [3.05, 3.63) is 95.6 Å². The molecule has 3 nitrogen and oxygen atoms in total. The van der Waals surface area contributed by atoms with E-state index < -0.39 is 0 Å². The summed E-state index contributed by atoms with van der Waals surface area (Å²) in [5.74, 6) is 1.29. The molecule has 0 fully saturated rings. The fraction of sp³-hybridized carbons (Fsp3) is 0.0952. The second kappa shape index (κ2) is 7.47. The first-order valence-corrected chi connectivity index (χ1v) is 7.88. The highest BCUT2D eigenvalue weighted by Crippen LogP contribution is 2.23. The predicted octanol–water partition coefficient (Wildman–Crippen LogP) is 4.72. The van der Waals surface area contributed by atoms with Crippen LogP contribution in [0.2, 0.25) is 0 Å². The summed E-state index contributed by atoms with van der Waals surface area (Å²) < 4.78 is 5.81. The van der Waals surface area contributed by atoms with E-state index in [-0.39, 0.29) is 5.91 Å². The van der Waals surface area contributed by atoms with Crippen LogP contribution in [0.15, 0.2) is 78.9 Å². The zero-order valence-electron chi connectivity index (χ0n) is 13.5. The number of nitrogens with one attached hydrogen (secondary N) is 1. The second-order valence-electron chi connectivity index (χ2n) is 5.56. The van der Waals surface area contributed by atoms with Crippen molar-refractivity contribution >= 4 is 5.91 Å². The van der Waals surface area contributed by atoms with E-state index in [1.807, 2.05) is 79.7 Å². The summed E-state index contributed by atoms with van der Waals surface area (Å²) >= 11 is 0. The summed E-state index contributed by atoms with van der Waals surface area (Å²) in [4.78, 5) is 12.5. The van der Waals surface area contributed by atoms with Gasteiger partial charge in [-0.05, 0) is 42.3 Å². The van der Waals surface area contributed by atoms with E-state index in [0.29, 0.717) is 17.9 Å². The van der Waals surface area contributed by atoms with Gasteiger partial charge in [0.05, 0.1) is 0 Å². The zero-order valence-corrected chi connectivity index (χ0v) is 13.5. The molecule has 0 radical (unpaired) electrons. The highest BCUT2D eigenvalue weighted by molar-refractivity contribution is 5.96. The number of ether oxygens (including phenoxy) is 1. The van der Waals surface area contributed by atoms with Crippen molar-refractivity contribution in [2.24, 2.45) is 0 Å². The summed E-state index contributed by atoms with van der Waals surface area (Å²) in [5, 5.41) is 2.95. The minimum absolute atomic E-state index is 0.102. The summed E-state index contributed by atoms with van der Waals surface area (Å²) in [7, 11) is 0. The van der Waals surface area contributed by atoms with Crippen LogP contribution in [0.4, 0.5) is 0 Å². The van der Waals surface area contributed by atoms with E-state index in [1.165, 1.54) is 0 Å². The summed E-state index contributed by atoms with van der Waals surface area (Å²) in [5.41, 5.74) is 2.61. The number of carbonyl (C=O) groups is 1. The van der Waals surface area contributed by atoms with Crippen molar-refractivity contribution in [1.29, 1.82) is 0 Å². The third-order valence-corrected chi connectivity index (χ3v) is 3.73. The van der Waals surface area contributed by atoms with Gasteiger partial charge in [-0.1, -0.05) is 54.6 Å². The topological polar surface area (TPSA) is 38.3 Å². The first kappa shape index (κ1) is 15.8. The summed E-state index contributed by atoms with van der Waals surface area (Å²) in [6.45, 7) is 2.42. The molecule has 3 aromatic rings. The van der Waals surface area contributed by atoms with Crippen LogP contribution in [0.3, 0.4) is 0 Å². The number of para-hydroxylation sites is 1. The molecule has 3 rings (SSSR count). The molecule has 0 aliphatic heterocycles. The average molecular weight is 317 g/mol. The maximum Gasteiger partial charge on any atom is 0.251 e.